The smallest absolute Gasteiger partial charge is 0.327 e. The lowest BCUT2D eigenvalue weighted by molar-refractivity contribution is -0.157. The molecule has 1 fully saturated rings. The van der Waals surface area contributed by atoms with Crippen LogP contribution in [-0.2, 0) is 32.1 Å². The van der Waals surface area contributed by atoms with Crippen LogP contribution in [0.4, 0.5) is 10.5 Å². The maximum Gasteiger partial charge on any atom is 0.327 e. The molecule has 4 amide bonds. The Hall–Kier alpha value is -4.29. The van der Waals surface area contributed by atoms with E-state index in [1.807, 2.05) is 24.3 Å². The number of likely N-dealkylation sites (tertiary alicyclic amines) is 1. The Kier molecular flexibility index (Phi) is 9.02. The van der Waals surface area contributed by atoms with E-state index in [0.717, 1.165) is 27.1 Å². The number of para-hydroxylation sites is 1. The fourth-order valence-electron chi connectivity index (χ4n) is 6.11. The number of benzene rings is 2. The molecule has 3 atom stereocenters. The van der Waals surface area contributed by atoms with Gasteiger partial charge in [0.15, 0.2) is 0 Å². The third kappa shape index (κ3) is 6.04. The van der Waals surface area contributed by atoms with Crippen molar-refractivity contribution in [2.24, 2.45) is 0 Å². The number of nitrogens with zero attached hydrogens (tertiary/aromatic N) is 3. The Labute approximate surface area is 262 Å². The molecule has 232 valence electrons. The number of aromatic amines is 1. The van der Waals surface area contributed by atoms with E-state index in [-0.39, 0.29) is 37.5 Å². The summed E-state index contributed by atoms with van der Waals surface area (Å²) in [5.41, 5.74) is 2.91. The van der Waals surface area contributed by atoms with E-state index in [2.05, 4.69) is 10.3 Å². The van der Waals surface area contributed by atoms with Crippen LogP contribution in [-0.4, -0.2) is 90.9 Å². The average molecular weight is 645 g/mol. The van der Waals surface area contributed by atoms with Crippen LogP contribution in [0.2, 0.25) is 10.0 Å². The van der Waals surface area contributed by atoms with E-state index in [1.54, 1.807) is 19.1 Å². The number of H-pyrrole nitrogens is 1. The molecule has 3 heterocycles. The van der Waals surface area contributed by atoms with Gasteiger partial charge in [-0.15, -0.1) is 0 Å². The highest BCUT2D eigenvalue weighted by Crippen LogP contribution is 2.33. The molecular weight excluding hydrogens is 613 g/mol. The fourth-order valence-corrected chi connectivity index (χ4v) is 6.41. The number of nitrogens with one attached hydrogen (secondary N) is 2. The highest BCUT2D eigenvalue weighted by molar-refractivity contribution is 6.42. The average Bonchev–Trinajstić information content (AvgIpc) is 3.62. The summed E-state index contributed by atoms with van der Waals surface area (Å²) in [6.45, 7) is 1.82. The number of carbonyl (C=O) groups is 5. The number of aliphatic carboxylic acids is 2. The van der Waals surface area contributed by atoms with Gasteiger partial charge in [-0.3, -0.25) is 14.4 Å². The Bertz CT molecular complexity index is 1640. The number of carbonyl (C=O) groups excluding carboxylic acids is 3. The Morgan fingerprint density at radius 1 is 1.05 bits per heavy atom. The second kappa shape index (κ2) is 12.7. The number of anilines is 1. The predicted octanol–water partition coefficient (Wildman–Crippen LogP) is 4.20. The van der Waals surface area contributed by atoms with Crippen LogP contribution < -0.4 is 5.32 Å². The van der Waals surface area contributed by atoms with Crippen molar-refractivity contribution in [1.82, 2.24) is 19.7 Å². The molecule has 1 saturated heterocycles. The van der Waals surface area contributed by atoms with Crippen LogP contribution in [0.15, 0.2) is 42.5 Å². The second-order valence-corrected chi connectivity index (χ2v) is 11.6. The van der Waals surface area contributed by atoms with E-state index < -0.39 is 54.3 Å². The normalized spacial score (nSPS) is 18.5. The minimum absolute atomic E-state index is 0.0536. The third-order valence-electron chi connectivity index (χ3n) is 8.19. The molecule has 14 heteroatoms. The van der Waals surface area contributed by atoms with E-state index in [4.69, 9.17) is 23.2 Å². The minimum Gasteiger partial charge on any atom is -0.481 e. The summed E-state index contributed by atoms with van der Waals surface area (Å²) < 4.78 is 0. The lowest BCUT2D eigenvalue weighted by atomic mass is 9.95. The number of aromatic nitrogens is 1. The van der Waals surface area contributed by atoms with Gasteiger partial charge in [0.05, 0.1) is 23.0 Å². The van der Waals surface area contributed by atoms with Gasteiger partial charge >= 0.3 is 18.0 Å². The molecule has 0 unspecified atom stereocenters. The quantitative estimate of drug-likeness (QED) is 0.286. The van der Waals surface area contributed by atoms with E-state index >= 15 is 0 Å². The van der Waals surface area contributed by atoms with Crippen molar-refractivity contribution in [2.75, 3.05) is 18.4 Å². The maximum absolute atomic E-state index is 14.3. The molecule has 2 aliphatic heterocycles. The largest absolute Gasteiger partial charge is 0.481 e. The standard InChI is InChI=1S/C30H31Cl2N5O7/c1-2-35(25(29(42)43)14-26(38)39)27(40)23-8-5-11-36(23)28(41)24-13-18-17-6-3-4-7-21(17)34-22(18)15-37(24)30(44)33-16-9-10-19(31)20(32)12-16/h3-4,6-7,9-10,12,23-25,34H,2,5,8,11,13-15H2,1H3,(H,33,44)(H,38,39)(H,42,43)/t23-,24+,25-/m0/s1. The number of halogens is 2. The zero-order valence-electron chi connectivity index (χ0n) is 23.8. The number of likely N-dealkylation sites (N-methyl/N-ethyl adjacent to an activating group) is 1. The van der Waals surface area contributed by atoms with Gasteiger partial charge in [-0.1, -0.05) is 41.4 Å². The molecule has 1 aromatic heterocycles. The predicted molar refractivity (Wildman–Crippen MR) is 163 cm³/mol. The first-order valence-corrected chi connectivity index (χ1v) is 14.9. The number of rotatable bonds is 8. The van der Waals surface area contributed by atoms with Gasteiger partial charge < -0.3 is 35.2 Å². The second-order valence-electron chi connectivity index (χ2n) is 10.8. The SMILES string of the molecule is CCN(C(=O)[C@@H]1CCCN1C(=O)[C@H]1Cc2c([nH]c3ccccc23)CN1C(=O)Nc1ccc(Cl)c(Cl)c1)[C@@H](CC(=O)O)C(=O)O. The number of carboxylic acids is 2. The first kappa shape index (κ1) is 31.1. The zero-order valence-corrected chi connectivity index (χ0v) is 25.3. The van der Waals surface area contributed by atoms with Crippen molar-refractivity contribution >= 4 is 69.6 Å². The molecule has 44 heavy (non-hydrogen) atoms. The van der Waals surface area contributed by atoms with Gasteiger partial charge in [-0.2, -0.15) is 0 Å². The van der Waals surface area contributed by atoms with Crippen molar-refractivity contribution < 1.29 is 34.2 Å². The van der Waals surface area contributed by atoms with Crippen LogP contribution in [0.1, 0.15) is 37.4 Å². The van der Waals surface area contributed by atoms with Gasteiger partial charge in [-0.05, 0) is 49.6 Å². The zero-order chi connectivity index (χ0) is 31.7. The van der Waals surface area contributed by atoms with E-state index in [9.17, 15) is 34.2 Å². The summed E-state index contributed by atoms with van der Waals surface area (Å²) in [5.74, 6) is -3.89. The Morgan fingerprint density at radius 3 is 2.48 bits per heavy atom. The maximum atomic E-state index is 14.3. The topological polar surface area (TPSA) is 163 Å². The lowest BCUT2D eigenvalue weighted by Gasteiger charge is -2.39. The number of hydrogen-bond donors (Lipinski definition) is 4. The van der Waals surface area contributed by atoms with E-state index in [1.165, 1.54) is 15.9 Å². The number of fused-ring (bicyclic) bond motifs is 3. The summed E-state index contributed by atoms with van der Waals surface area (Å²) in [6.07, 6.45) is 0.167. The van der Waals surface area contributed by atoms with Gasteiger partial charge in [0, 0.05) is 41.8 Å². The molecule has 0 saturated carbocycles. The molecule has 2 aromatic carbocycles. The van der Waals surface area contributed by atoms with Crippen molar-refractivity contribution in [3.8, 4) is 0 Å². The van der Waals surface area contributed by atoms with Crippen LogP contribution >= 0.6 is 23.2 Å². The minimum atomic E-state index is -1.58. The van der Waals surface area contributed by atoms with Gasteiger partial charge in [0.25, 0.3) is 0 Å². The number of amides is 4. The Balaban J connectivity index is 1.46. The van der Waals surface area contributed by atoms with Crippen molar-refractivity contribution in [3.05, 3.63) is 63.8 Å². The van der Waals surface area contributed by atoms with E-state index in [0.29, 0.717) is 17.1 Å². The monoisotopic (exact) mass is 643 g/mol. The third-order valence-corrected chi connectivity index (χ3v) is 8.93. The van der Waals surface area contributed by atoms with Gasteiger partial charge in [-0.25, -0.2) is 9.59 Å². The summed E-state index contributed by atoms with van der Waals surface area (Å²) in [7, 11) is 0. The molecular formula is C30H31Cl2N5O7. The molecule has 4 N–H and O–H groups in total. The first-order valence-electron chi connectivity index (χ1n) is 14.2. The summed E-state index contributed by atoms with van der Waals surface area (Å²) >= 11 is 12.2. The van der Waals surface area contributed by atoms with Crippen LogP contribution in [0.3, 0.4) is 0 Å². The molecule has 5 rings (SSSR count). The van der Waals surface area contributed by atoms with Crippen molar-refractivity contribution in [3.63, 3.8) is 0 Å². The number of urea groups is 1. The first-order chi connectivity index (χ1) is 21.0. The van der Waals surface area contributed by atoms with Gasteiger partial charge in [0.1, 0.15) is 18.1 Å². The molecule has 0 radical (unpaired) electrons. The van der Waals surface area contributed by atoms with Crippen LogP contribution in [0.25, 0.3) is 10.9 Å². The summed E-state index contributed by atoms with van der Waals surface area (Å²) in [6, 6.07) is 8.13. The highest BCUT2D eigenvalue weighted by Gasteiger charge is 2.45. The highest BCUT2D eigenvalue weighted by atomic mass is 35.5. The lowest BCUT2D eigenvalue weighted by Crippen LogP contribution is -2.59. The molecule has 3 aromatic rings. The van der Waals surface area contributed by atoms with Crippen molar-refractivity contribution in [1.29, 1.82) is 0 Å². The Morgan fingerprint density at radius 2 is 1.80 bits per heavy atom. The molecule has 0 aliphatic carbocycles. The molecule has 2 aliphatic rings. The van der Waals surface area contributed by atoms with Crippen LogP contribution in [0, 0.1) is 0 Å². The molecule has 0 bridgehead atoms. The summed E-state index contributed by atoms with van der Waals surface area (Å²) in [5, 5.41) is 23.2. The molecule has 0 spiro atoms. The fraction of sp³-hybridized carbons (Fsp3) is 0.367. The number of hydrogen-bond acceptors (Lipinski definition) is 5. The van der Waals surface area contributed by atoms with Crippen molar-refractivity contribution in [2.45, 2.75) is 57.3 Å². The number of carboxylic acid groups (broad SMARTS) is 2. The van der Waals surface area contributed by atoms with Gasteiger partial charge in [0.2, 0.25) is 11.8 Å². The molecule has 12 nitrogen and oxygen atoms in total. The van der Waals surface area contributed by atoms with Crippen LogP contribution in [0.5, 0.6) is 0 Å². The summed E-state index contributed by atoms with van der Waals surface area (Å²) in [4.78, 5) is 72.2.